The summed E-state index contributed by atoms with van der Waals surface area (Å²) in [6, 6.07) is 16.1. The second-order valence-corrected chi connectivity index (χ2v) is 15.1. The molecule has 53 heavy (non-hydrogen) atoms. The standard InChI is InChI=1S/C41H44Cl2N4O6/c1-23-16-35(45-39(52-3)33(23)20-44-19-24-10-11-27(48)17-24)32-9-5-8-31(37(32)43)28-6-4-7-30-29(28)12-13-36(30)53-40-34(42)18-26(38(46-40)51-2)22-47-15-14-25(21-47)41(49)50/h4-9,16,18,24-25,36,44H,10-15,17,19-22H2,1-3H3,(H,49,50)/t24-,25-,36+/m1/s1. The molecule has 1 saturated heterocycles. The molecule has 278 valence electrons. The molecule has 3 aliphatic rings. The largest absolute Gasteiger partial charge is 0.481 e. The first-order chi connectivity index (χ1) is 25.6. The fourth-order valence-corrected chi connectivity index (χ4v) is 8.55. The van der Waals surface area contributed by atoms with E-state index in [1.54, 1.807) is 14.2 Å². The minimum atomic E-state index is -0.771. The third-order valence-corrected chi connectivity index (χ3v) is 11.5. The summed E-state index contributed by atoms with van der Waals surface area (Å²) in [5, 5.41) is 13.9. The van der Waals surface area contributed by atoms with Crippen LogP contribution in [0, 0.1) is 18.8 Å². The molecule has 3 heterocycles. The van der Waals surface area contributed by atoms with Crippen molar-refractivity contribution in [3.8, 4) is 40.0 Å². The number of pyridine rings is 2. The van der Waals surface area contributed by atoms with Gasteiger partial charge in [0.05, 0.1) is 30.9 Å². The number of carbonyl (C=O) groups excluding carboxylic acids is 1. The minimum Gasteiger partial charge on any atom is -0.481 e. The zero-order valence-electron chi connectivity index (χ0n) is 30.2. The van der Waals surface area contributed by atoms with Crippen LogP contribution in [0.25, 0.3) is 22.4 Å². The lowest BCUT2D eigenvalue weighted by molar-refractivity contribution is -0.141. The van der Waals surface area contributed by atoms with Crippen molar-refractivity contribution in [2.75, 3.05) is 33.9 Å². The number of carbonyl (C=O) groups is 2. The number of nitrogens with zero attached hydrogens (tertiary/aromatic N) is 3. The number of aliphatic carboxylic acids is 1. The molecule has 12 heteroatoms. The van der Waals surface area contributed by atoms with E-state index >= 15 is 0 Å². The number of aromatic nitrogens is 2. The van der Waals surface area contributed by atoms with Gasteiger partial charge >= 0.3 is 5.97 Å². The third-order valence-electron chi connectivity index (χ3n) is 10.8. The Morgan fingerprint density at radius 3 is 2.47 bits per heavy atom. The molecule has 7 rings (SSSR count). The van der Waals surface area contributed by atoms with Gasteiger partial charge < -0.3 is 24.6 Å². The number of carboxylic acids is 1. The van der Waals surface area contributed by atoms with Gasteiger partial charge in [-0.1, -0.05) is 59.6 Å². The normalized spacial score (nSPS) is 19.8. The van der Waals surface area contributed by atoms with Crippen LogP contribution in [0.4, 0.5) is 0 Å². The molecule has 0 amide bonds. The lowest BCUT2D eigenvalue weighted by Crippen LogP contribution is -2.23. The van der Waals surface area contributed by atoms with Crippen molar-refractivity contribution in [3.63, 3.8) is 0 Å². The number of carboxylic acid groups (broad SMARTS) is 1. The number of methoxy groups -OCH3 is 2. The van der Waals surface area contributed by atoms with Gasteiger partial charge in [-0.25, -0.2) is 4.98 Å². The van der Waals surface area contributed by atoms with Crippen LogP contribution in [0.5, 0.6) is 17.6 Å². The average molecular weight is 760 g/mol. The third kappa shape index (κ3) is 7.87. The summed E-state index contributed by atoms with van der Waals surface area (Å²) in [5.74, 6) is 0.846. The van der Waals surface area contributed by atoms with Crippen LogP contribution in [0.1, 0.15) is 66.0 Å². The Balaban J connectivity index is 1.10. The summed E-state index contributed by atoms with van der Waals surface area (Å²) in [5.41, 5.74) is 8.51. The van der Waals surface area contributed by atoms with E-state index in [1.165, 1.54) is 0 Å². The van der Waals surface area contributed by atoms with Gasteiger partial charge in [0.15, 0.2) is 0 Å². The fourth-order valence-electron chi connectivity index (χ4n) is 8.01. The molecule has 2 N–H and O–H groups in total. The molecule has 1 aliphatic heterocycles. The number of aryl methyl sites for hydroxylation is 1. The zero-order chi connectivity index (χ0) is 37.2. The first-order valence-corrected chi connectivity index (χ1v) is 18.9. The molecule has 0 unspecified atom stereocenters. The number of hydrogen-bond acceptors (Lipinski definition) is 9. The van der Waals surface area contributed by atoms with E-state index in [0.717, 1.165) is 76.0 Å². The second-order valence-electron chi connectivity index (χ2n) is 14.3. The van der Waals surface area contributed by atoms with Gasteiger partial charge in [0, 0.05) is 54.7 Å². The average Bonchev–Trinajstić information content (AvgIpc) is 3.90. The Morgan fingerprint density at radius 1 is 0.962 bits per heavy atom. The smallest absolute Gasteiger partial charge is 0.307 e. The van der Waals surface area contributed by atoms with Crippen LogP contribution in [0.3, 0.4) is 0 Å². The molecular weight excluding hydrogens is 715 g/mol. The van der Waals surface area contributed by atoms with E-state index in [2.05, 4.69) is 40.3 Å². The number of fused-ring (bicyclic) bond motifs is 1. The van der Waals surface area contributed by atoms with Gasteiger partial charge in [-0.15, -0.1) is 0 Å². The molecular formula is C41H44Cl2N4O6. The minimum absolute atomic E-state index is 0.272. The quantitative estimate of drug-likeness (QED) is 0.139. The summed E-state index contributed by atoms with van der Waals surface area (Å²) in [6.45, 7) is 5.10. The van der Waals surface area contributed by atoms with Crippen molar-refractivity contribution >= 4 is 35.0 Å². The lowest BCUT2D eigenvalue weighted by Gasteiger charge is -2.20. The Hall–Kier alpha value is -4.22. The summed E-state index contributed by atoms with van der Waals surface area (Å²) < 4.78 is 17.9. The Morgan fingerprint density at radius 2 is 1.74 bits per heavy atom. The van der Waals surface area contributed by atoms with Crippen molar-refractivity contribution in [2.24, 2.45) is 11.8 Å². The van der Waals surface area contributed by atoms with E-state index in [1.807, 2.05) is 30.3 Å². The summed E-state index contributed by atoms with van der Waals surface area (Å²) in [6.07, 6.45) is 4.14. The maximum absolute atomic E-state index is 11.7. The van der Waals surface area contributed by atoms with Crippen molar-refractivity contribution in [1.82, 2.24) is 20.2 Å². The molecule has 10 nitrogen and oxygen atoms in total. The highest BCUT2D eigenvalue weighted by Crippen LogP contribution is 2.45. The van der Waals surface area contributed by atoms with Gasteiger partial charge in [-0.05, 0) is 86.0 Å². The van der Waals surface area contributed by atoms with Crippen molar-refractivity contribution in [3.05, 3.63) is 86.4 Å². The maximum Gasteiger partial charge on any atom is 0.307 e. The first-order valence-electron chi connectivity index (χ1n) is 18.2. The molecule has 1 saturated carbocycles. The van der Waals surface area contributed by atoms with E-state index in [-0.39, 0.29) is 12.0 Å². The van der Waals surface area contributed by atoms with Crippen LogP contribution in [0.2, 0.25) is 10.0 Å². The van der Waals surface area contributed by atoms with Crippen LogP contribution >= 0.6 is 23.2 Å². The van der Waals surface area contributed by atoms with Crippen LogP contribution in [0.15, 0.2) is 48.5 Å². The Kier molecular flexibility index (Phi) is 11.2. The molecule has 4 aromatic rings. The van der Waals surface area contributed by atoms with E-state index in [4.69, 9.17) is 42.4 Å². The number of ether oxygens (including phenoxy) is 3. The summed E-state index contributed by atoms with van der Waals surface area (Å²) >= 11 is 14.0. The molecule has 0 spiro atoms. The number of nitrogens with one attached hydrogen (secondary N) is 1. The topological polar surface area (TPSA) is 123 Å². The molecule has 3 atom stereocenters. The highest BCUT2D eigenvalue weighted by Gasteiger charge is 2.31. The maximum atomic E-state index is 11.7. The van der Waals surface area contributed by atoms with Gasteiger partial charge in [0.2, 0.25) is 17.6 Å². The molecule has 0 radical (unpaired) electrons. The van der Waals surface area contributed by atoms with Crippen LogP contribution < -0.4 is 19.5 Å². The number of hydrogen-bond donors (Lipinski definition) is 2. The Bertz CT molecular complexity index is 2040. The van der Waals surface area contributed by atoms with Gasteiger partial charge in [-0.3, -0.25) is 14.5 Å². The van der Waals surface area contributed by atoms with Crippen molar-refractivity contribution in [2.45, 2.75) is 64.6 Å². The SMILES string of the molecule is COc1nc(O[C@H]2CCc3c(-c4cccc(-c5cc(C)c(CNC[C@@H]6CCC(=O)C6)c(OC)n5)c4Cl)cccc32)c(Cl)cc1CN1CC[C@@H](C(=O)O)C1. The monoisotopic (exact) mass is 758 g/mol. The van der Waals surface area contributed by atoms with E-state index in [9.17, 15) is 14.7 Å². The highest BCUT2D eigenvalue weighted by atomic mass is 35.5. The number of Topliss-reactive ketones (excluding diaryl/α,β-unsaturated/α-hetero) is 1. The first kappa shape index (κ1) is 37.1. The molecule has 2 aliphatic carbocycles. The Labute approximate surface area is 319 Å². The zero-order valence-corrected chi connectivity index (χ0v) is 31.7. The number of likely N-dealkylation sites (tertiary alicyclic amines) is 1. The second kappa shape index (κ2) is 16.0. The molecule has 0 bridgehead atoms. The molecule has 2 fully saturated rings. The number of halogens is 2. The van der Waals surface area contributed by atoms with Crippen molar-refractivity contribution in [1.29, 1.82) is 0 Å². The summed E-state index contributed by atoms with van der Waals surface area (Å²) in [4.78, 5) is 34.8. The highest BCUT2D eigenvalue weighted by molar-refractivity contribution is 6.36. The molecule has 2 aromatic carbocycles. The van der Waals surface area contributed by atoms with Gasteiger partial charge in [0.1, 0.15) is 16.9 Å². The van der Waals surface area contributed by atoms with E-state index in [0.29, 0.717) is 84.8 Å². The number of ketones is 1. The number of benzene rings is 2. The predicted molar refractivity (Wildman–Crippen MR) is 204 cm³/mol. The molecule has 2 aromatic heterocycles. The summed E-state index contributed by atoms with van der Waals surface area (Å²) in [7, 11) is 3.19. The number of rotatable bonds is 13. The van der Waals surface area contributed by atoms with Gasteiger partial charge in [0.25, 0.3) is 0 Å². The van der Waals surface area contributed by atoms with Crippen LogP contribution in [-0.4, -0.2) is 65.6 Å². The van der Waals surface area contributed by atoms with Crippen LogP contribution in [-0.2, 0) is 29.1 Å². The van der Waals surface area contributed by atoms with Gasteiger partial charge in [-0.2, -0.15) is 4.98 Å². The van der Waals surface area contributed by atoms with Crippen molar-refractivity contribution < 1.29 is 28.9 Å². The van der Waals surface area contributed by atoms with E-state index < -0.39 is 5.97 Å². The lowest BCUT2D eigenvalue weighted by atomic mass is 9.94. The fraction of sp³-hybridized carbons (Fsp3) is 0.415. The predicted octanol–water partition coefficient (Wildman–Crippen LogP) is 7.87.